The van der Waals surface area contributed by atoms with Crippen molar-refractivity contribution >= 4 is 21.8 Å². The average Bonchev–Trinajstić information content (AvgIpc) is 2.98. The van der Waals surface area contributed by atoms with Crippen molar-refractivity contribution in [2.45, 2.75) is 31.5 Å². The van der Waals surface area contributed by atoms with E-state index in [4.69, 9.17) is 4.42 Å². The van der Waals surface area contributed by atoms with E-state index in [1.807, 2.05) is 6.92 Å². The van der Waals surface area contributed by atoms with Crippen LogP contribution in [0.4, 0.5) is 0 Å². The second-order valence-electron chi connectivity index (χ2n) is 4.92. The largest absolute Gasteiger partial charge is 0.444 e. The number of carbonyl (C=O) groups is 1. The topological polar surface area (TPSA) is 80.3 Å². The number of aryl methyl sites for hydroxylation is 1. The Morgan fingerprint density at radius 1 is 1.65 bits per heavy atom. The van der Waals surface area contributed by atoms with Crippen molar-refractivity contribution in [1.82, 2.24) is 15.1 Å². The molecule has 106 valence electrons. The van der Waals surface area contributed by atoms with Crippen LogP contribution in [0.25, 0.3) is 0 Å². The zero-order valence-corrected chi connectivity index (χ0v) is 12.4. The Balaban J connectivity index is 1.72. The normalized spacial score (nSPS) is 25.2. The number of amides is 1. The minimum absolute atomic E-state index is 0.152. The molecule has 1 amide bonds. The molecule has 7 heteroatoms. The van der Waals surface area contributed by atoms with Crippen LogP contribution in [0.3, 0.4) is 0 Å². The summed E-state index contributed by atoms with van der Waals surface area (Å²) in [5.74, 6) is 0.0136. The second-order valence-corrected chi connectivity index (χ2v) is 5.70. The average molecular weight is 340 g/mol. The fraction of sp³-hybridized carbons (Fsp3) is 0.385. The van der Waals surface area contributed by atoms with Gasteiger partial charge in [-0.25, -0.2) is 0 Å². The maximum absolute atomic E-state index is 12.2. The van der Waals surface area contributed by atoms with Gasteiger partial charge in [0.1, 0.15) is 0 Å². The molecule has 1 saturated carbocycles. The van der Waals surface area contributed by atoms with Crippen LogP contribution in [0.2, 0.25) is 0 Å². The first-order valence-corrected chi connectivity index (χ1v) is 7.09. The molecule has 0 spiro atoms. The summed E-state index contributed by atoms with van der Waals surface area (Å²) < 4.78 is 7.51. The van der Waals surface area contributed by atoms with Crippen LogP contribution in [0.5, 0.6) is 0 Å². The number of hydrogen-bond acceptors (Lipinski definition) is 4. The van der Waals surface area contributed by atoms with E-state index < -0.39 is 6.10 Å². The predicted molar refractivity (Wildman–Crippen MR) is 74.3 cm³/mol. The Labute approximate surface area is 123 Å². The van der Waals surface area contributed by atoms with Crippen LogP contribution in [-0.4, -0.2) is 32.9 Å². The number of hydrogen-bond donors (Lipinski definition) is 2. The number of aromatic nitrogens is 2. The Kier molecular flexibility index (Phi) is 3.39. The highest BCUT2D eigenvalue weighted by molar-refractivity contribution is 9.10. The maximum atomic E-state index is 12.2. The van der Waals surface area contributed by atoms with Crippen LogP contribution in [0, 0.1) is 6.92 Å². The van der Waals surface area contributed by atoms with E-state index in [-0.39, 0.29) is 23.8 Å². The molecular weight excluding hydrogens is 326 g/mol. The number of furan rings is 1. The molecule has 2 aromatic rings. The third-order valence-electron chi connectivity index (χ3n) is 3.54. The van der Waals surface area contributed by atoms with E-state index in [2.05, 4.69) is 26.3 Å². The summed E-state index contributed by atoms with van der Waals surface area (Å²) in [4.78, 5) is 12.2. The Hall–Kier alpha value is -1.60. The van der Waals surface area contributed by atoms with Gasteiger partial charge in [-0.05, 0) is 41.4 Å². The summed E-state index contributed by atoms with van der Waals surface area (Å²) in [5, 5.41) is 16.8. The number of nitrogens with zero attached hydrogens (tertiary/aromatic N) is 2. The smallest absolute Gasteiger partial charge is 0.287 e. The molecule has 20 heavy (non-hydrogen) atoms. The van der Waals surface area contributed by atoms with Crippen molar-refractivity contribution in [1.29, 1.82) is 0 Å². The van der Waals surface area contributed by atoms with E-state index in [1.54, 1.807) is 29.2 Å². The van der Waals surface area contributed by atoms with E-state index in [1.165, 1.54) is 0 Å². The van der Waals surface area contributed by atoms with Crippen LogP contribution in [0.15, 0.2) is 33.6 Å². The SMILES string of the molecule is Cc1cc(Br)oc1C(=O)N[C@H]1C[C@@H](O)[C@@H]1n1cccn1. The first-order chi connectivity index (χ1) is 9.56. The van der Waals surface area contributed by atoms with Crippen LogP contribution >= 0.6 is 15.9 Å². The number of nitrogens with one attached hydrogen (secondary N) is 1. The lowest BCUT2D eigenvalue weighted by Gasteiger charge is -2.41. The number of carbonyl (C=O) groups excluding carboxylic acids is 1. The number of halogens is 1. The van der Waals surface area contributed by atoms with Gasteiger partial charge < -0.3 is 14.8 Å². The Morgan fingerprint density at radius 2 is 2.45 bits per heavy atom. The van der Waals surface area contributed by atoms with E-state index >= 15 is 0 Å². The molecule has 6 nitrogen and oxygen atoms in total. The molecular formula is C13H14BrN3O3. The second kappa shape index (κ2) is 5.06. The molecule has 2 aromatic heterocycles. The van der Waals surface area contributed by atoms with Gasteiger partial charge in [-0.2, -0.15) is 5.10 Å². The van der Waals surface area contributed by atoms with Gasteiger partial charge >= 0.3 is 0 Å². The predicted octanol–water partition coefficient (Wildman–Crippen LogP) is 1.65. The van der Waals surface area contributed by atoms with Gasteiger partial charge in [-0.15, -0.1) is 0 Å². The van der Waals surface area contributed by atoms with Crippen LogP contribution in [0.1, 0.15) is 28.6 Å². The molecule has 0 radical (unpaired) electrons. The molecule has 0 aliphatic heterocycles. The van der Waals surface area contributed by atoms with Crippen molar-refractivity contribution in [2.75, 3.05) is 0 Å². The molecule has 2 heterocycles. The fourth-order valence-corrected chi connectivity index (χ4v) is 2.98. The fourth-order valence-electron chi connectivity index (χ4n) is 2.48. The lowest BCUT2D eigenvalue weighted by molar-refractivity contribution is -0.00626. The zero-order chi connectivity index (χ0) is 14.3. The van der Waals surface area contributed by atoms with Gasteiger partial charge in [0.2, 0.25) is 0 Å². The van der Waals surface area contributed by atoms with Gasteiger partial charge in [0.05, 0.1) is 18.2 Å². The highest BCUT2D eigenvalue weighted by atomic mass is 79.9. The van der Waals surface area contributed by atoms with Gasteiger partial charge in [-0.3, -0.25) is 9.48 Å². The highest BCUT2D eigenvalue weighted by Gasteiger charge is 2.43. The summed E-state index contributed by atoms with van der Waals surface area (Å²) in [7, 11) is 0. The third-order valence-corrected chi connectivity index (χ3v) is 3.93. The molecule has 0 saturated heterocycles. The van der Waals surface area contributed by atoms with E-state index in [9.17, 15) is 9.90 Å². The minimum atomic E-state index is -0.496. The summed E-state index contributed by atoms with van der Waals surface area (Å²) >= 11 is 3.20. The van der Waals surface area contributed by atoms with Crippen molar-refractivity contribution < 1.29 is 14.3 Å². The molecule has 1 aliphatic rings. The third kappa shape index (κ3) is 2.27. The minimum Gasteiger partial charge on any atom is -0.444 e. The monoisotopic (exact) mass is 339 g/mol. The van der Waals surface area contributed by atoms with Crippen molar-refractivity contribution in [2.24, 2.45) is 0 Å². The quantitative estimate of drug-likeness (QED) is 0.890. The first kappa shape index (κ1) is 13.4. The first-order valence-electron chi connectivity index (χ1n) is 6.30. The molecule has 3 atom stereocenters. The van der Waals surface area contributed by atoms with E-state index in [0.717, 1.165) is 5.56 Å². The van der Waals surface area contributed by atoms with Crippen molar-refractivity contribution in [3.05, 3.63) is 40.5 Å². The number of aliphatic hydroxyl groups excluding tert-OH is 1. The van der Waals surface area contributed by atoms with Crippen molar-refractivity contribution in [3.8, 4) is 0 Å². The lowest BCUT2D eigenvalue weighted by Crippen LogP contribution is -2.56. The molecule has 0 unspecified atom stereocenters. The van der Waals surface area contributed by atoms with Crippen molar-refractivity contribution in [3.63, 3.8) is 0 Å². The summed E-state index contributed by atoms with van der Waals surface area (Å²) in [6, 6.07) is 3.15. The molecule has 3 rings (SSSR count). The maximum Gasteiger partial charge on any atom is 0.287 e. The molecule has 0 bridgehead atoms. The molecule has 1 fully saturated rings. The van der Waals surface area contributed by atoms with Gasteiger partial charge in [0.15, 0.2) is 10.4 Å². The molecule has 1 aliphatic carbocycles. The van der Waals surface area contributed by atoms with Gasteiger partial charge in [0.25, 0.3) is 5.91 Å². The van der Waals surface area contributed by atoms with Crippen LogP contribution in [-0.2, 0) is 0 Å². The molecule has 2 N–H and O–H groups in total. The molecule has 0 aromatic carbocycles. The summed E-state index contributed by atoms with van der Waals surface area (Å²) in [6.45, 7) is 1.81. The zero-order valence-electron chi connectivity index (χ0n) is 10.8. The Bertz CT molecular complexity index is 623. The number of rotatable bonds is 3. The number of aliphatic hydroxyl groups is 1. The summed E-state index contributed by atoms with van der Waals surface area (Å²) in [5.41, 5.74) is 0.768. The van der Waals surface area contributed by atoms with Crippen LogP contribution < -0.4 is 5.32 Å². The van der Waals surface area contributed by atoms with Gasteiger partial charge in [-0.1, -0.05) is 0 Å². The van der Waals surface area contributed by atoms with Gasteiger partial charge in [0, 0.05) is 18.0 Å². The standard InChI is InChI=1S/C13H14BrN3O3/c1-7-5-10(14)20-12(7)13(19)16-8-6-9(18)11(8)17-4-2-3-15-17/h2-5,8-9,11,18H,6H2,1H3,(H,16,19)/t8-,9+,11+/m0/s1. The summed E-state index contributed by atoms with van der Waals surface area (Å²) in [6.07, 6.45) is 3.44. The van der Waals surface area contributed by atoms with E-state index in [0.29, 0.717) is 11.1 Å². The lowest BCUT2D eigenvalue weighted by atomic mass is 9.83. The Morgan fingerprint density at radius 3 is 3.00 bits per heavy atom. The highest BCUT2D eigenvalue weighted by Crippen LogP contribution is 2.32.